The molecule has 1 aromatic rings. The van der Waals surface area contributed by atoms with Crippen LogP contribution in [0, 0.1) is 6.92 Å². The van der Waals surface area contributed by atoms with Crippen LogP contribution in [0.4, 0.5) is 11.6 Å². The molecule has 0 atom stereocenters. The number of carbonyl (C=O) groups is 1. The first-order valence-corrected chi connectivity index (χ1v) is 5.69. The summed E-state index contributed by atoms with van der Waals surface area (Å²) in [5.41, 5.74) is 0.921. The average Bonchev–Trinajstić information content (AvgIpc) is 2.35. The van der Waals surface area contributed by atoms with Gasteiger partial charge in [0.15, 0.2) is 0 Å². The molecule has 0 fully saturated rings. The third-order valence-corrected chi connectivity index (χ3v) is 2.32. The van der Waals surface area contributed by atoms with E-state index in [4.69, 9.17) is 0 Å². The van der Waals surface area contributed by atoms with Crippen molar-refractivity contribution >= 4 is 17.5 Å². The summed E-state index contributed by atoms with van der Waals surface area (Å²) in [6, 6.07) is 0. The number of anilines is 2. The van der Waals surface area contributed by atoms with E-state index >= 15 is 0 Å². The van der Waals surface area contributed by atoms with Crippen LogP contribution in [0.15, 0.2) is 6.33 Å². The molecule has 1 heterocycles. The Morgan fingerprint density at radius 1 is 1.29 bits per heavy atom. The third kappa shape index (κ3) is 3.90. The quantitative estimate of drug-likeness (QED) is 0.681. The molecule has 1 rings (SSSR count). The van der Waals surface area contributed by atoms with Gasteiger partial charge >= 0.3 is 0 Å². The Morgan fingerprint density at radius 2 is 1.94 bits per heavy atom. The molecule has 3 N–H and O–H groups in total. The number of rotatable bonds is 6. The predicted octanol–water partition coefficient (Wildman–Crippen LogP) is 0.765. The molecule has 0 unspecified atom stereocenters. The molecular formula is C11H19N5O. The molecule has 17 heavy (non-hydrogen) atoms. The van der Waals surface area contributed by atoms with E-state index in [1.807, 2.05) is 6.92 Å². The lowest BCUT2D eigenvalue weighted by atomic mass is 10.3. The van der Waals surface area contributed by atoms with Crippen molar-refractivity contribution in [2.75, 3.05) is 30.8 Å². The number of hydrogen-bond donors (Lipinski definition) is 3. The van der Waals surface area contributed by atoms with Crippen molar-refractivity contribution < 1.29 is 4.79 Å². The molecule has 0 aromatic carbocycles. The zero-order chi connectivity index (χ0) is 12.7. The van der Waals surface area contributed by atoms with Crippen molar-refractivity contribution in [1.29, 1.82) is 0 Å². The number of nitrogens with zero attached hydrogens (tertiary/aromatic N) is 2. The molecule has 0 aliphatic heterocycles. The summed E-state index contributed by atoms with van der Waals surface area (Å²) in [5, 5.41) is 8.73. The Balaban J connectivity index is 2.69. The highest BCUT2D eigenvalue weighted by atomic mass is 16.1. The molecule has 0 bridgehead atoms. The van der Waals surface area contributed by atoms with Gasteiger partial charge in [0.05, 0.1) is 6.54 Å². The van der Waals surface area contributed by atoms with E-state index in [-0.39, 0.29) is 12.5 Å². The Labute approximate surface area is 101 Å². The van der Waals surface area contributed by atoms with Crippen LogP contribution in [0.2, 0.25) is 0 Å². The van der Waals surface area contributed by atoms with Crippen molar-refractivity contribution in [1.82, 2.24) is 15.3 Å². The SMILES string of the molecule is CCCNc1ncnc(NCC(=O)NC)c1C. The zero-order valence-corrected chi connectivity index (χ0v) is 10.5. The van der Waals surface area contributed by atoms with Crippen LogP contribution >= 0.6 is 0 Å². The number of nitrogens with one attached hydrogen (secondary N) is 3. The van der Waals surface area contributed by atoms with Crippen LogP contribution in [0.3, 0.4) is 0 Å². The highest BCUT2D eigenvalue weighted by Crippen LogP contribution is 2.17. The van der Waals surface area contributed by atoms with E-state index < -0.39 is 0 Å². The van der Waals surface area contributed by atoms with Crippen molar-refractivity contribution in [2.24, 2.45) is 0 Å². The Hall–Kier alpha value is -1.85. The second kappa shape index (κ2) is 6.67. The van der Waals surface area contributed by atoms with Crippen LogP contribution in [-0.4, -0.2) is 36.0 Å². The number of aromatic nitrogens is 2. The maximum atomic E-state index is 11.1. The maximum absolute atomic E-state index is 11.1. The molecular weight excluding hydrogens is 218 g/mol. The van der Waals surface area contributed by atoms with Crippen molar-refractivity contribution in [3.8, 4) is 0 Å². The molecule has 0 spiro atoms. The van der Waals surface area contributed by atoms with Gasteiger partial charge in [-0.1, -0.05) is 6.92 Å². The minimum Gasteiger partial charge on any atom is -0.370 e. The lowest BCUT2D eigenvalue weighted by molar-refractivity contribution is -0.118. The third-order valence-electron chi connectivity index (χ3n) is 2.32. The van der Waals surface area contributed by atoms with E-state index in [0.717, 1.165) is 24.3 Å². The number of amides is 1. The van der Waals surface area contributed by atoms with Crippen molar-refractivity contribution in [3.63, 3.8) is 0 Å². The topological polar surface area (TPSA) is 78.9 Å². The minimum absolute atomic E-state index is 0.0777. The molecule has 0 aliphatic carbocycles. The summed E-state index contributed by atoms with van der Waals surface area (Å²) in [5.74, 6) is 1.41. The average molecular weight is 237 g/mol. The zero-order valence-electron chi connectivity index (χ0n) is 10.5. The Kier molecular flexibility index (Phi) is 5.19. The largest absolute Gasteiger partial charge is 0.370 e. The summed E-state index contributed by atoms with van der Waals surface area (Å²) in [7, 11) is 1.60. The molecule has 0 saturated carbocycles. The van der Waals surface area contributed by atoms with Crippen LogP contribution in [0.1, 0.15) is 18.9 Å². The van der Waals surface area contributed by atoms with Crippen LogP contribution in [0.5, 0.6) is 0 Å². The van der Waals surface area contributed by atoms with Gasteiger partial charge in [0.2, 0.25) is 5.91 Å². The summed E-state index contributed by atoms with van der Waals surface area (Å²) in [4.78, 5) is 19.4. The van der Waals surface area contributed by atoms with Gasteiger partial charge in [0, 0.05) is 19.2 Å². The van der Waals surface area contributed by atoms with Gasteiger partial charge in [0.25, 0.3) is 0 Å². The van der Waals surface area contributed by atoms with Crippen LogP contribution < -0.4 is 16.0 Å². The number of carbonyl (C=O) groups excluding carboxylic acids is 1. The highest BCUT2D eigenvalue weighted by Gasteiger charge is 2.07. The summed E-state index contributed by atoms with van der Waals surface area (Å²) < 4.78 is 0. The lowest BCUT2D eigenvalue weighted by Crippen LogP contribution is -2.26. The second-order valence-corrected chi connectivity index (χ2v) is 3.65. The standard InChI is InChI=1S/C11H19N5O/c1-4-5-13-10-8(2)11(16-7-15-10)14-6-9(17)12-3/h7H,4-6H2,1-3H3,(H,12,17)(H2,13,14,15,16). The fourth-order valence-electron chi connectivity index (χ4n) is 1.30. The number of likely N-dealkylation sites (N-methyl/N-ethyl adjacent to an activating group) is 1. The highest BCUT2D eigenvalue weighted by molar-refractivity contribution is 5.80. The number of hydrogen-bond acceptors (Lipinski definition) is 5. The van der Waals surface area contributed by atoms with E-state index in [1.54, 1.807) is 7.05 Å². The van der Waals surface area contributed by atoms with E-state index in [9.17, 15) is 4.79 Å². The van der Waals surface area contributed by atoms with Gasteiger partial charge in [-0.05, 0) is 13.3 Å². The minimum atomic E-state index is -0.0777. The molecule has 6 nitrogen and oxygen atoms in total. The molecule has 0 radical (unpaired) electrons. The molecule has 1 amide bonds. The molecule has 6 heteroatoms. The van der Waals surface area contributed by atoms with Crippen molar-refractivity contribution in [3.05, 3.63) is 11.9 Å². The summed E-state index contributed by atoms with van der Waals surface area (Å²) in [6.45, 7) is 5.09. The first-order chi connectivity index (χ1) is 8.19. The van der Waals surface area contributed by atoms with Gasteiger partial charge < -0.3 is 16.0 Å². The molecule has 0 aliphatic rings. The fraction of sp³-hybridized carbons (Fsp3) is 0.545. The normalized spacial score (nSPS) is 9.82. The smallest absolute Gasteiger partial charge is 0.239 e. The van der Waals surface area contributed by atoms with Crippen molar-refractivity contribution in [2.45, 2.75) is 20.3 Å². The second-order valence-electron chi connectivity index (χ2n) is 3.65. The summed E-state index contributed by atoms with van der Waals surface area (Å²) >= 11 is 0. The van der Waals surface area contributed by atoms with E-state index in [2.05, 4.69) is 32.8 Å². The Bertz CT molecular complexity index is 380. The molecule has 94 valence electrons. The van der Waals surface area contributed by atoms with Gasteiger partial charge in [-0.25, -0.2) is 9.97 Å². The fourth-order valence-corrected chi connectivity index (χ4v) is 1.30. The first kappa shape index (κ1) is 13.2. The van der Waals surface area contributed by atoms with Gasteiger partial charge in [-0.15, -0.1) is 0 Å². The van der Waals surface area contributed by atoms with E-state index in [0.29, 0.717) is 5.82 Å². The maximum Gasteiger partial charge on any atom is 0.239 e. The monoisotopic (exact) mass is 237 g/mol. The van der Waals surface area contributed by atoms with Crippen LogP contribution in [0.25, 0.3) is 0 Å². The lowest BCUT2D eigenvalue weighted by Gasteiger charge is -2.11. The van der Waals surface area contributed by atoms with Crippen LogP contribution in [-0.2, 0) is 4.79 Å². The van der Waals surface area contributed by atoms with E-state index in [1.165, 1.54) is 6.33 Å². The molecule has 0 saturated heterocycles. The molecule has 1 aromatic heterocycles. The predicted molar refractivity (Wildman–Crippen MR) is 68.1 cm³/mol. The van der Waals surface area contributed by atoms with Gasteiger partial charge in [0.1, 0.15) is 18.0 Å². The van der Waals surface area contributed by atoms with Gasteiger partial charge in [-0.2, -0.15) is 0 Å². The summed E-state index contributed by atoms with van der Waals surface area (Å²) in [6.07, 6.45) is 2.52. The van der Waals surface area contributed by atoms with Gasteiger partial charge in [-0.3, -0.25) is 4.79 Å². The first-order valence-electron chi connectivity index (χ1n) is 5.69. The Morgan fingerprint density at radius 3 is 2.53 bits per heavy atom.